The zero-order chi connectivity index (χ0) is 25.3. The number of fused-ring (bicyclic) bond motifs is 4. The Morgan fingerprint density at radius 3 is 2.67 bits per heavy atom. The van der Waals surface area contributed by atoms with Crippen LogP contribution >= 0.6 is 0 Å². The minimum Gasteiger partial charge on any atom is -0.475 e. The Kier molecular flexibility index (Phi) is 6.65. The maximum atomic E-state index is 13.1. The van der Waals surface area contributed by atoms with Crippen LogP contribution in [0.3, 0.4) is 0 Å². The summed E-state index contributed by atoms with van der Waals surface area (Å²) >= 11 is 0. The van der Waals surface area contributed by atoms with Gasteiger partial charge in [-0.3, -0.25) is 9.48 Å². The van der Waals surface area contributed by atoms with Crippen LogP contribution in [0.1, 0.15) is 54.6 Å². The molecule has 2 N–H and O–H groups in total. The Morgan fingerprint density at radius 2 is 1.89 bits per heavy atom. The van der Waals surface area contributed by atoms with Gasteiger partial charge in [-0.05, 0) is 24.8 Å². The molecule has 190 valence electrons. The minimum absolute atomic E-state index is 0.125. The van der Waals surface area contributed by atoms with Crippen LogP contribution in [-0.4, -0.2) is 46.7 Å². The maximum Gasteiger partial charge on any atom is 0.283 e. The summed E-state index contributed by atoms with van der Waals surface area (Å²) in [6, 6.07) is 10.4. The highest BCUT2D eigenvalue weighted by Crippen LogP contribution is 2.29. The molecule has 4 bridgehead atoms. The third-order valence-corrected chi connectivity index (χ3v) is 8.03. The van der Waals surface area contributed by atoms with E-state index in [0.717, 1.165) is 30.4 Å². The number of nitrogens with one attached hydrogen (secondary N) is 2. The molecule has 36 heavy (non-hydrogen) atoms. The first-order valence-electron chi connectivity index (χ1n) is 12.2. The lowest BCUT2D eigenvalue weighted by molar-refractivity contribution is 0.0897. The molecule has 2 aliphatic rings. The fourth-order valence-electron chi connectivity index (χ4n) is 4.94. The quantitative estimate of drug-likeness (QED) is 0.552. The van der Waals surface area contributed by atoms with Gasteiger partial charge in [0.2, 0.25) is 11.8 Å². The van der Waals surface area contributed by atoms with Gasteiger partial charge in [0.15, 0.2) is 5.03 Å². The molecule has 1 aliphatic heterocycles. The molecule has 11 heteroatoms. The number of hydrogen-bond acceptors (Lipinski definition) is 7. The molecule has 3 aromatic rings. The van der Waals surface area contributed by atoms with E-state index < -0.39 is 15.9 Å². The molecule has 1 saturated carbocycles. The van der Waals surface area contributed by atoms with E-state index in [-0.39, 0.29) is 35.2 Å². The second-order valence-electron chi connectivity index (χ2n) is 9.55. The number of nitrogens with zero attached hydrogens (tertiary/aromatic N) is 4. The SMILES string of the molecule is Cc1ccccc1-c1cc2nc(n1)NS(=O)(=O)c1cc(n(C)n1)C(=O)N[C@H](CC1CCCCC1)CO2. The van der Waals surface area contributed by atoms with Gasteiger partial charge in [-0.25, -0.2) is 9.71 Å². The average Bonchev–Trinajstić information content (AvgIpc) is 3.25. The molecule has 10 nitrogen and oxygen atoms in total. The van der Waals surface area contributed by atoms with Crippen LogP contribution in [0.15, 0.2) is 41.4 Å². The second kappa shape index (κ2) is 9.88. The zero-order valence-corrected chi connectivity index (χ0v) is 21.2. The number of carbonyl (C=O) groups excluding carboxylic acids is 1. The van der Waals surface area contributed by atoms with Gasteiger partial charge in [-0.15, -0.1) is 0 Å². The number of rotatable bonds is 3. The van der Waals surface area contributed by atoms with Crippen molar-refractivity contribution >= 4 is 21.9 Å². The van der Waals surface area contributed by atoms with Crippen molar-refractivity contribution in [2.75, 3.05) is 11.3 Å². The summed E-state index contributed by atoms with van der Waals surface area (Å²) in [7, 11) is -2.61. The number of carbonyl (C=O) groups is 1. The third-order valence-electron chi connectivity index (χ3n) is 6.82. The number of benzene rings is 1. The van der Waals surface area contributed by atoms with Gasteiger partial charge in [-0.1, -0.05) is 56.4 Å². The van der Waals surface area contributed by atoms with Crippen LogP contribution in [0.2, 0.25) is 0 Å². The summed E-state index contributed by atoms with van der Waals surface area (Å²) < 4.78 is 35.9. The van der Waals surface area contributed by atoms with Crippen molar-refractivity contribution in [3.05, 3.63) is 47.7 Å². The molecule has 1 aliphatic carbocycles. The molecule has 0 spiro atoms. The fraction of sp³-hybridized carbons (Fsp3) is 0.440. The summed E-state index contributed by atoms with van der Waals surface area (Å²) in [6.45, 7) is 2.15. The normalized spacial score (nSPS) is 20.2. The average molecular weight is 511 g/mol. The van der Waals surface area contributed by atoms with Crippen molar-refractivity contribution in [3.63, 3.8) is 0 Å². The van der Waals surface area contributed by atoms with Crippen molar-refractivity contribution in [3.8, 4) is 17.1 Å². The lowest BCUT2D eigenvalue weighted by Crippen LogP contribution is -2.41. The Morgan fingerprint density at radius 1 is 1.11 bits per heavy atom. The smallest absolute Gasteiger partial charge is 0.283 e. The molecule has 0 unspecified atom stereocenters. The van der Waals surface area contributed by atoms with E-state index in [9.17, 15) is 13.2 Å². The number of aryl methyl sites for hydroxylation is 2. The number of sulfonamides is 1. The largest absolute Gasteiger partial charge is 0.475 e. The lowest BCUT2D eigenvalue weighted by Gasteiger charge is -2.27. The molecule has 5 rings (SSSR count). The van der Waals surface area contributed by atoms with Crippen molar-refractivity contribution < 1.29 is 17.9 Å². The van der Waals surface area contributed by atoms with Crippen molar-refractivity contribution in [2.24, 2.45) is 13.0 Å². The van der Waals surface area contributed by atoms with Crippen LogP contribution in [0.4, 0.5) is 5.95 Å². The second-order valence-corrected chi connectivity index (χ2v) is 11.2. The van der Waals surface area contributed by atoms with Crippen molar-refractivity contribution in [2.45, 2.75) is 56.5 Å². The van der Waals surface area contributed by atoms with E-state index in [1.165, 1.54) is 30.0 Å². The summed E-state index contributed by atoms with van der Waals surface area (Å²) in [6.07, 6.45) is 6.65. The minimum atomic E-state index is -4.15. The Balaban J connectivity index is 1.56. The molecule has 1 fully saturated rings. The van der Waals surface area contributed by atoms with Crippen LogP contribution in [0.5, 0.6) is 5.88 Å². The number of ether oxygens (including phenoxy) is 1. The van der Waals surface area contributed by atoms with Gasteiger partial charge in [0.1, 0.15) is 12.3 Å². The first kappa shape index (κ1) is 24.2. The summed E-state index contributed by atoms with van der Waals surface area (Å²) in [5.41, 5.74) is 2.49. The molecule has 0 radical (unpaired) electrons. The van der Waals surface area contributed by atoms with Crippen molar-refractivity contribution in [1.82, 2.24) is 25.1 Å². The lowest BCUT2D eigenvalue weighted by atomic mass is 9.85. The summed E-state index contributed by atoms with van der Waals surface area (Å²) in [4.78, 5) is 21.9. The number of anilines is 1. The Labute approximate surface area is 210 Å². The van der Waals surface area contributed by atoms with Gasteiger partial charge in [0.25, 0.3) is 15.9 Å². The van der Waals surface area contributed by atoms with Crippen LogP contribution in [0.25, 0.3) is 11.3 Å². The molecule has 1 atom stereocenters. The van der Waals surface area contributed by atoms with E-state index in [4.69, 9.17) is 4.74 Å². The molecular weight excluding hydrogens is 480 g/mol. The van der Waals surface area contributed by atoms with E-state index in [2.05, 4.69) is 25.1 Å². The predicted octanol–water partition coefficient (Wildman–Crippen LogP) is 3.45. The van der Waals surface area contributed by atoms with Crippen LogP contribution in [-0.2, 0) is 17.1 Å². The Bertz CT molecular complexity index is 1380. The number of hydrogen-bond donors (Lipinski definition) is 2. The zero-order valence-electron chi connectivity index (χ0n) is 20.4. The summed E-state index contributed by atoms with van der Waals surface area (Å²) in [5.74, 6) is 0.203. The van der Waals surface area contributed by atoms with E-state index in [0.29, 0.717) is 11.6 Å². The number of amides is 1. The fourth-order valence-corrected chi connectivity index (χ4v) is 5.87. The summed E-state index contributed by atoms with van der Waals surface area (Å²) in [5, 5.41) is 6.84. The topological polar surface area (TPSA) is 128 Å². The maximum absolute atomic E-state index is 13.1. The van der Waals surface area contributed by atoms with Crippen LogP contribution in [0, 0.1) is 12.8 Å². The highest BCUT2D eigenvalue weighted by molar-refractivity contribution is 7.92. The molecule has 0 saturated heterocycles. The number of aromatic nitrogens is 4. The molecule has 1 aromatic carbocycles. The molecule has 2 aromatic heterocycles. The molecular formula is C25H30N6O4S. The highest BCUT2D eigenvalue weighted by Gasteiger charge is 2.28. The third kappa shape index (κ3) is 5.20. The van der Waals surface area contributed by atoms with E-state index in [1.807, 2.05) is 31.2 Å². The predicted molar refractivity (Wildman–Crippen MR) is 134 cm³/mol. The Hall–Kier alpha value is -3.47. The standard InChI is InChI=1S/C25H30N6O4S/c1-16-8-6-7-11-19(16)20-13-22-28-25(27-20)30-36(33,34)23-14-21(31(2)29-23)24(32)26-18(15-35-22)12-17-9-4-3-5-10-17/h6-8,11,13-14,17-18H,3-5,9-10,12,15H2,1-2H3,(H,26,32)(H,27,28,30)/t18-/m1/s1. The first-order valence-corrected chi connectivity index (χ1v) is 13.7. The highest BCUT2D eigenvalue weighted by atomic mass is 32.2. The molecule has 1 amide bonds. The van der Waals surface area contributed by atoms with Gasteiger partial charge in [0.05, 0.1) is 11.7 Å². The van der Waals surface area contributed by atoms with Gasteiger partial charge in [-0.2, -0.15) is 18.5 Å². The van der Waals surface area contributed by atoms with Gasteiger partial charge >= 0.3 is 0 Å². The monoisotopic (exact) mass is 510 g/mol. The molecule has 3 heterocycles. The van der Waals surface area contributed by atoms with Gasteiger partial charge in [0, 0.05) is 24.7 Å². The van der Waals surface area contributed by atoms with E-state index in [1.54, 1.807) is 13.1 Å². The van der Waals surface area contributed by atoms with Crippen LogP contribution < -0.4 is 14.8 Å². The first-order chi connectivity index (χ1) is 17.3. The van der Waals surface area contributed by atoms with E-state index >= 15 is 0 Å². The van der Waals surface area contributed by atoms with Crippen molar-refractivity contribution in [1.29, 1.82) is 0 Å². The van der Waals surface area contributed by atoms with Gasteiger partial charge < -0.3 is 10.1 Å².